The average molecular weight is 535 g/mol. The van der Waals surface area contributed by atoms with Gasteiger partial charge in [0.25, 0.3) is 10.0 Å². The van der Waals surface area contributed by atoms with Crippen LogP contribution in [0.2, 0.25) is 5.02 Å². The van der Waals surface area contributed by atoms with Crippen molar-refractivity contribution in [3.63, 3.8) is 0 Å². The first kappa shape index (κ1) is 28.0. The molecule has 0 aliphatic rings. The molecule has 11 heteroatoms. The minimum absolute atomic E-state index is 0. The first-order valence-corrected chi connectivity index (χ1v) is 10.1. The predicted molar refractivity (Wildman–Crippen MR) is 122 cm³/mol. The summed E-state index contributed by atoms with van der Waals surface area (Å²) in [5.74, 6) is -0.305. The van der Waals surface area contributed by atoms with E-state index in [0.717, 1.165) is 0 Å². The molecule has 28 heavy (non-hydrogen) atoms. The number of nitrogens with zero attached hydrogens (tertiary/aromatic N) is 2. The average Bonchev–Trinajstić information content (AvgIpc) is 2.57. The van der Waals surface area contributed by atoms with Crippen LogP contribution >= 0.6 is 39.9 Å². The van der Waals surface area contributed by atoms with Crippen molar-refractivity contribution in [2.24, 2.45) is 4.40 Å². The number of carbonyl (C=O) groups excluding carboxylic acids is 1. The third-order valence-electron chi connectivity index (χ3n) is 3.22. The molecule has 1 amide bonds. The van der Waals surface area contributed by atoms with Crippen LogP contribution in [-0.2, 0) is 21.2 Å². The van der Waals surface area contributed by atoms with Crippen molar-refractivity contribution in [3.8, 4) is 0 Å². The van der Waals surface area contributed by atoms with Gasteiger partial charge in [-0.3, -0.25) is 4.79 Å². The van der Waals surface area contributed by atoms with Gasteiger partial charge in [0.1, 0.15) is 11.2 Å². The van der Waals surface area contributed by atoms with E-state index in [2.05, 4.69) is 25.6 Å². The van der Waals surface area contributed by atoms with E-state index in [9.17, 15) is 13.2 Å². The Bertz CT molecular complexity index is 956. The second-order valence-electron chi connectivity index (χ2n) is 5.62. The van der Waals surface area contributed by atoms with Crippen molar-refractivity contribution in [2.45, 2.75) is 11.3 Å². The zero-order valence-electron chi connectivity index (χ0n) is 14.5. The molecule has 0 fully saturated rings. The van der Waals surface area contributed by atoms with E-state index in [0.29, 0.717) is 20.7 Å². The second kappa shape index (κ2) is 12.7. The molecule has 0 bridgehead atoms. The Labute approximate surface area is 227 Å². The van der Waals surface area contributed by atoms with Gasteiger partial charge < -0.3 is 10.2 Å². The number of hydrogen-bond donors (Lipinski definition) is 1. The molecular weight excluding hydrogens is 516 g/mol. The van der Waals surface area contributed by atoms with Crippen LogP contribution in [0.1, 0.15) is 5.56 Å². The molecule has 1 N–H and O–H groups in total. The zero-order chi connectivity index (χ0) is 19.3. The van der Waals surface area contributed by atoms with Crippen LogP contribution in [0.25, 0.3) is 0 Å². The second-order valence-corrected chi connectivity index (χ2v) is 8.48. The topological polar surface area (TPSA) is 78.8 Å². The van der Waals surface area contributed by atoms with Gasteiger partial charge in [0.15, 0.2) is 0 Å². The Hall–Kier alpha value is 0.0264. The minimum atomic E-state index is -3.90. The maximum absolute atomic E-state index is 12.3. The number of amides is 1. The van der Waals surface area contributed by atoms with E-state index >= 15 is 0 Å². The molecule has 0 atom stereocenters. The van der Waals surface area contributed by atoms with Crippen molar-refractivity contribution in [2.75, 3.05) is 19.4 Å². The molecule has 2 aromatic rings. The molecule has 0 aromatic heterocycles. The van der Waals surface area contributed by atoms with Crippen LogP contribution < -0.4 is 5.32 Å². The van der Waals surface area contributed by atoms with Gasteiger partial charge >= 0.3 is 51.4 Å². The number of halogens is 3. The Balaban J connectivity index is 0.00000364. The third-order valence-corrected chi connectivity index (χ3v) is 5.81. The van der Waals surface area contributed by atoms with E-state index in [1.54, 1.807) is 50.5 Å². The Morgan fingerprint density at radius 1 is 1.25 bits per heavy atom. The molecule has 2 rings (SSSR count). The van der Waals surface area contributed by atoms with Crippen molar-refractivity contribution >= 4 is 119 Å². The van der Waals surface area contributed by atoms with Gasteiger partial charge in [0.05, 0.1) is 6.42 Å². The Kier molecular flexibility index (Phi) is 12.7. The van der Waals surface area contributed by atoms with Gasteiger partial charge in [-0.2, -0.15) is 8.42 Å². The number of hydrogen-bond acceptors (Lipinski definition) is 3. The van der Waals surface area contributed by atoms with Crippen LogP contribution in [-0.4, -0.2) is 91.0 Å². The normalized spacial score (nSPS) is 10.7. The Morgan fingerprint density at radius 3 is 2.50 bits per heavy atom. The first-order valence-electron chi connectivity index (χ1n) is 7.49. The van der Waals surface area contributed by atoms with Crippen LogP contribution in [0.3, 0.4) is 0 Å². The molecular formula is C17H19BrCl2KN3O3S. The number of sulfonamides is 1. The van der Waals surface area contributed by atoms with Crippen LogP contribution in [0.5, 0.6) is 0 Å². The van der Waals surface area contributed by atoms with Gasteiger partial charge in [-0.05, 0) is 45.8 Å². The van der Waals surface area contributed by atoms with Gasteiger partial charge in [-0.1, -0.05) is 29.8 Å². The van der Waals surface area contributed by atoms with Gasteiger partial charge in [0, 0.05) is 29.3 Å². The molecule has 0 aliphatic heterocycles. The van der Waals surface area contributed by atoms with Crippen molar-refractivity contribution < 1.29 is 13.2 Å². The molecule has 0 radical (unpaired) electrons. The first-order chi connectivity index (χ1) is 12.2. The van der Waals surface area contributed by atoms with E-state index in [1.165, 1.54) is 17.3 Å². The maximum atomic E-state index is 12.3. The van der Waals surface area contributed by atoms with Gasteiger partial charge in [0.2, 0.25) is 5.91 Å². The fourth-order valence-electron chi connectivity index (χ4n) is 2.01. The summed E-state index contributed by atoms with van der Waals surface area (Å²) in [5.41, 5.74) is 1.04. The van der Waals surface area contributed by atoms with E-state index < -0.39 is 10.0 Å². The van der Waals surface area contributed by atoms with Crippen LogP contribution in [0.15, 0.2) is 56.2 Å². The molecule has 0 saturated heterocycles. The monoisotopic (exact) mass is 533 g/mol. The zero-order valence-corrected chi connectivity index (χ0v) is 18.5. The van der Waals surface area contributed by atoms with E-state index in [-0.39, 0.29) is 81.0 Å². The summed E-state index contributed by atoms with van der Waals surface area (Å²) in [6.45, 7) is 0. The summed E-state index contributed by atoms with van der Waals surface area (Å²) in [7, 11) is -0.569. The molecule has 0 spiro atoms. The predicted octanol–water partition coefficient (Wildman–Crippen LogP) is 3.34. The molecule has 6 nitrogen and oxygen atoms in total. The Morgan fingerprint density at radius 2 is 1.89 bits per heavy atom. The summed E-state index contributed by atoms with van der Waals surface area (Å²) in [6.07, 6.45) is 1.28. The molecule has 148 valence electrons. The standard InChI is InChI=1S/C17H17BrClN3O3S.ClH.K.H/c1-22(2)11-20-26(24,25)16-10-13(7-8-14(16)18)21-17(23)9-12-5-3-4-6-15(12)19;;;/h3-8,10-11H,9H2,1-2H3,(H,21,23);1H;;. The van der Waals surface area contributed by atoms with Gasteiger partial charge in [-0.15, -0.1) is 16.8 Å². The summed E-state index contributed by atoms with van der Waals surface area (Å²) in [6, 6.07) is 11.5. The summed E-state index contributed by atoms with van der Waals surface area (Å²) >= 11 is 9.26. The molecule has 0 heterocycles. The fraction of sp³-hybridized carbons (Fsp3) is 0.176. The summed E-state index contributed by atoms with van der Waals surface area (Å²) in [5, 5.41) is 3.18. The van der Waals surface area contributed by atoms with Crippen LogP contribution in [0, 0.1) is 0 Å². The number of nitrogens with one attached hydrogen (secondary N) is 1. The van der Waals surface area contributed by atoms with E-state index in [1.807, 2.05) is 0 Å². The third kappa shape index (κ3) is 8.41. The van der Waals surface area contributed by atoms with Crippen molar-refractivity contribution in [3.05, 3.63) is 57.5 Å². The summed E-state index contributed by atoms with van der Waals surface area (Å²) < 4.78 is 28.7. The quantitative estimate of drug-likeness (QED) is 0.350. The summed E-state index contributed by atoms with van der Waals surface area (Å²) in [4.78, 5) is 13.7. The molecule has 0 unspecified atom stereocenters. The van der Waals surface area contributed by atoms with Gasteiger partial charge in [-0.25, -0.2) is 0 Å². The van der Waals surface area contributed by atoms with Crippen LogP contribution in [0.4, 0.5) is 5.69 Å². The van der Waals surface area contributed by atoms with Crippen molar-refractivity contribution in [1.29, 1.82) is 0 Å². The SMILES string of the molecule is CN(C)C=NS(=O)(=O)c1cc(NC(=O)Cc2ccccc2Cl)ccc1Br.Cl.[KH]. The molecule has 0 aliphatic carbocycles. The molecule has 0 saturated carbocycles. The fourth-order valence-corrected chi connectivity index (χ4v) is 4.09. The number of benzene rings is 2. The molecule has 2 aromatic carbocycles. The number of rotatable bonds is 6. The van der Waals surface area contributed by atoms with E-state index in [4.69, 9.17) is 11.6 Å². The van der Waals surface area contributed by atoms with Crippen molar-refractivity contribution in [1.82, 2.24) is 4.90 Å². The number of carbonyl (C=O) groups is 1. The number of anilines is 1.